The average molecular weight is 340 g/mol. The van der Waals surface area contributed by atoms with Crippen molar-refractivity contribution in [3.05, 3.63) is 59.4 Å². The predicted octanol–water partition coefficient (Wildman–Crippen LogP) is 2.91. The Balaban J connectivity index is 1.87. The lowest BCUT2D eigenvalue weighted by molar-refractivity contribution is -0.0177. The first-order chi connectivity index (χ1) is 11.9. The molecular weight excluding hydrogens is 316 g/mol. The first kappa shape index (κ1) is 17.4. The van der Waals surface area contributed by atoms with Crippen LogP contribution in [0.25, 0.3) is 0 Å². The van der Waals surface area contributed by atoms with E-state index in [1.165, 1.54) is 0 Å². The summed E-state index contributed by atoms with van der Waals surface area (Å²) >= 11 is 0. The van der Waals surface area contributed by atoms with Gasteiger partial charge in [0.1, 0.15) is 11.4 Å². The van der Waals surface area contributed by atoms with Gasteiger partial charge >= 0.3 is 0 Å². The maximum Gasteiger partial charge on any atom is 0.255 e. The van der Waals surface area contributed by atoms with Crippen molar-refractivity contribution in [2.45, 2.75) is 38.3 Å². The van der Waals surface area contributed by atoms with E-state index in [1.807, 2.05) is 37.3 Å². The highest BCUT2D eigenvalue weighted by atomic mass is 16.5. The highest BCUT2D eigenvalue weighted by molar-refractivity contribution is 5.94. The van der Waals surface area contributed by atoms with Gasteiger partial charge in [0.25, 0.3) is 5.91 Å². The molecule has 0 saturated carbocycles. The normalized spacial score (nSPS) is 19.5. The van der Waals surface area contributed by atoms with E-state index >= 15 is 0 Å². The quantitative estimate of drug-likeness (QED) is 0.929. The van der Waals surface area contributed by atoms with Crippen molar-refractivity contribution < 1.29 is 14.6 Å². The van der Waals surface area contributed by atoms with Crippen molar-refractivity contribution >= 4 is 5.91 Å². The highest BCUT2D eigenvalue weighted by Crippen LogP contribution is 2.36. The number of aliphatic hydroxyl groups is 1. The third-order valence-corrected chi connectivity index (χ3v) is 4.96. The van der Waals surface area contributed by atoms with E-state index in [1.54, 1.807) is 31.3 Å². The summed E-state index contributed by atoms with van der Waals surface area (Å²) in [4.78, 5) is 18.8. The van der Waals surface area contributed by atoms with Gasteiger partial charge in [-0.25, -0.2) is 0 Å². The number of hydrogen-bond donors (Lipinski definition) is 1. The van der Waals surface area contributed by atoms with Crippen molar-refractivity contribution in [2.24, 2.45) is 0 Å². The lowest BCUT2D eigenvalue weighted by Gasteiger charge is -2.37. The van der Waals surface area contributed by atoms with Crippen LogP contribution in [0.2, 0.25) is 0 Å². The Morgan fingerprint density at radius 3 is 2.68 bits per heavy atom. The summed E-state index contributed by atoms with van der Waals surface area (Å²) in [6.45, 7) is 4.34. The van der Waals surface area contributed by atoms with E-state index in [-0.39, 0.29) is 11.9 Å². The summed E-state index contributed by atoms with van der Waals surface area (Å²) in [5.74, 6) is 0.664. The number of aromatic nitrogens is 1. The SMILES string of the molecule is COc1ccc([C@@](C)(O)[C@H]2CCCN2C(=O)c2cncc(C)c2)cc1. The third kappa shape index (κ3) is 3.37. The zero-order valence-corrected chi connectivity index (χ0v) is 14.9. The molecule has 1 saturated heterocycles. The molecule has 1 N–H and O–H groups in total. The van der Waals surface area contributed by atoms with Gasteiger partial charge < -0.3 is 14.7 Å². The van der Waals surface area contributed by atoms with Crippen LogP contribution >= 0.6 is 0 Å². The monoisotopic (exact) mass is 340 g/mol. The van der Waals surface area contributed by atoms with Crippen molar-refractivity contribution in [1.82, 2.24) is 9.88 Å². The Hall–Kier alpha value is -2.40. The fourth-order valence-electron chi connectivity index (χ4n) is 3.55. The van der Waals surface area contributed by atoms with E-state index in [0.717, 1.165) is 29.7 Å². The Bertz CT molecular complexity index is 756. The van der Waals surface area contributed by atoms with E-state index in [9.17, 15) is 9.90 Å². The van der Waals surface area contributed by atoms with Crippen LogP contribution in [0.5, 0.6) is 5.75 Å². The summed E-state index contributed by atoms with van der Waals surface area (Å²) < 4.78 is 5.18. The first-order valence-electron chi connectivity index (χ1n) is 8.53. The zero-order valence-electron chi connectivity index (χ0n) is 14.9. The van der Waals surface area contributed by atoms with Crippen LogP contribution in [-0.2, 0) is 5.60 Å². The molecule has 25 heavy (non-hydrogen) atoms. The van der Waals surface area contributed by atoms with Gasteiger partial charge in [0.2, 0.25) is 0 Å². The molecule has 0 bridgehead atoms. The van der Waals surface area contributed by atoms with E-state index in [4.69, 9.17) is 4.74 Å². The van der Waals surface area contributed by atoms with Gasteiger partial charge in [0.05, 0.1) is 18.7 Å². The summed E-state index contributed by atoms with van der Waals surface area (Å²) in [7, 11) is 1.61. The second kappa shape index (κ2) is 6.84. The Morgan fingerprint density at radius 1 is 1.32 bits per heavy atom. The number of methoxy groups -OCH3 is 1. The van der Waals surface area contributed by atoms with Gasteiger partial charge in [-0.15, -0.1) is 0 Å². The van der Waals surface area contributed by atoms with Gasteiger partial charge in [-0.1, -0.05) is 12.1 Å². The minimum absolute atomic E-state index is 0.0764. The van der Waals surface area contributed by atoms with Gasteiger partial charge in [-0.2, -0.15) is 0 Å². The molecular formula is C20H24N2O3. The molecule has 1 aliphatic heterocycles. The van der Waals surface area contributed by atoms with Crippen LogP contribution in [-0.4, -0.2) is 40.6 Å². The smallest absolute Gasteiger partial charge is 0.255 e. The molecule has 1 aliphatic rings. The van der Waals surface area contributed by atoms with Crippen molar-refractivity contribution in [3.63, 3.8) is 0 Å². The molecule has 132 valence electrons. The maximum absolute atomic E-state index is 12.9. The molecule has 5 nitrogen and oxygen atoms in total. The highest BCUT2D eigenvalue weighted by Gasteiger charge is 2.42. The number of amides is 1. The molecule has 2 aromatic rings. The third-order valence-electron chi connectivity index (χ3n) is 4.96. The molecule has 0 unspecified atom stereocenters. The number of nitrogens with zero attached hydrogens (tertiary/aromatic N) is 2. The largest absolute Gasteiger partial charge is 0.497 e. The number of rotatable bonds is 4. The molecule has 1 aromatic heterocycles. The minimum Gasteiger partial charge on any atom is -0.497 e. The number of benzene rings is 1. The van der Waals surface area contributed by atoms with E-state index in [0.29, 0.717) is 12.1 Å². The first-order valence-corrected chi connectivity index (χ1v) is 8.53. The van der Waals surface area contributed by atoms with Crippen LogP contribution in [0.1, 0.15) is 41.3 Å². The summed E-state index contributed by atoms with van der Waals surface area (Å²) in [5.41, 5.74) is 1.16. The molecule has 1 aromatic carbocycles. The maximum atomic E-state index is 12.9. The number of aryl methyl sites for hydroxylation is 1. The van der Waals surface area contributed by atoms with Crippen LogP contribution in [0.4, 0.5) is 0 Å². The van der Waals surface area contributed by atoms with Crippen molar-refractivity contribution in [2.75, 3.05) is 13.7 Å². The molecule has 0 spiro atoms. The molecule has 2 atom stereocenters. The van der Waals surface area contributed by atoms with E-state index in [2.05, 4.69) is 4.98 Å². The Morgan fingerprint density at radius 2 is 2.04 bits per heavy atom. The van der Waals surface area contributed by atoms with Gasteiger partial charge in [0, 0.05) is 18.9 Å². The second-order valence-corrected chi connectivity index (χ2v) is 6.78. The molecule has 1 amide bonds. The minimum atomic E-state index is -1.13. The van der Waals surface area contributed by atoms with Crippen LogP contribution < -0.4 is 4.74 Å². The van der Waals surface area contributed by atoms with Crippen molar-refractivity contribution in [3.8, 4) is 5.75 Å². The van der Waals surface area contributed by atoms with Crippen LogP contribution in [0.15, 0.2) is 42.7 Å². The van der Waals surface area contributed by atoms with Crippen molar-refractivity contribution in [1.29, 1.82) is 0 Å². The standard InChI is InChI=1S/C20H24N2O3/c1-14-11-15(13-21-12-14)19(23)22-10-4-5-18(22)20(2,24)16-6-8-17(25-3)9-7-16/h6-9,11-13,18,24H,4-5,10H2,1-3H3/t18-,20-/m1/s1. The number of carbonyl (C=O) groups excluding carboxylic acids is 1. The number of likely N-dealkylation sites (tertiary alicyclic amines) is 1. The molecule has 3 rings (SSSR count). The van der Waals surface area contributed by atoms with E-state index < -0.39 is 5.60 Å². The topological polar surface area (TPSA) is 62.7 Å². The summed E-state index contributed by atoms with van der Waals surface area (Å²) in [5, 5.41) is 11.2. The summed E-state index contributed by atoms with van der Waals surface area (Å²) in [6.07, 6.45) is 4.96. The lowest BCUT2D eigenvalue weighted by Crippen LogP contribution is -2.48. The number of hydrogen-bond acceptors (Lipinski definition) is 4. The number of ether oxygens (including phenoxy) is 1. The zero-order chi connectivity index (χ0) is 18.0. The fraction of sp³-hybridized carbons (Fsp3) is 0.400. The number of pyridine rings is 1. The Labute approximate surface area is 148 Å². The molecule has 0 aliphatic carbocycles. The van der Waals surface area contributed by atoms with Gasteiger partial charge in [0.15, 0.2) is 0 Å². The molecule has 1 fully saturated rings. The molecule has 5 heteroatoms. The van der Waals surface area contributed by atoms with Gasteiger partial charge in [-0.3, -0.25) is 9.78 Å². The summed E-state index contributed by atoms with van der Waals surface area (Å²) in [6, 6.07) is 8.94. The second-order valence-electron chi connectivity index (χ2n) is 6.78. The molecule has 2 heterocycles. The van der Waals surface area contributed by atoms with Crippen LogP contribution in [0, 0.1) is 6.92 Å². The lowest BCUT2D eigenvalue weighted by atomic mass is 9.86. The average Bonchev–Trinajstić information content (AvgIpc) is 3.11. The van der Waals surface area contributed by atoms with Gasteiger partial charge in [-0.05, 0) is 56.0 Å². The fourth-order valence-corrected chi connectivity index (χ4v) is 3.55. The molecule has 0 radical (unpaired) electrons. The number of carbonyl (C=O) groups is 1. The predicted molar refractivity (Wildman–Crippen MR) is 95.6 cm³/mol. The Kier molecular flexibility index (Phi) is 4.77. The van der Waals surface area contributed by atoms with Crippen LogP contribution in [0.3, 0.4) is 0 Å².